The quantitative estimate of drug-likeness (QED) is 0.437. The molecular weight excluding hydrogens is 535 g/mol. The maximum Gasteiger partial charge on any atom is 0.229 e. The number of amides is 2. The van der Waals surface area contributed by atoms with Crippen molar-refractivity contribution < 1.29 is 14.3 Å². The van der Waals surface area contributed by atoms with Crippen LogP contribution >= 0.6 is 24.8 Å². The van der Waals surface area contributed by atoms with Crippen LogP contribution in [0.3, 0.4) is 0 Å². The second-order valence-electron chi connectivity index (χ2n) is 9.82. The number of benzene rings is 2. The van der Waals surface area contributed by atoms with Crippen LogP contribution in [0.2, 0.25) is 0 Å². The molecule has 0 bridgehead atoms. The number of pyridine rings is 1. The van der Waals surface area contributed by atoms with Crippen LogP contribution in [0.1, 0.15) is 47.7 Å². The highest BCUT2D eigenvalue weighted by Gasteiger charge is 2.35. The monoisotopic (exact) mass is 570 g/mol. The fraction of sp³-hybridized carbons (Fsp3) is 0.367. The molecule has 3 heterocycles. The van der Waals surface area contributed by atoms with Gasteiger partial charge in [0.1, 0.15) is 5.75 Å². The Morgan fingerprint density at radius 2 is 1.85 bits per heavy atom. The first kappa shape index (κ1) is 30.4. The van der Waals surface area contributed by atoms with Gasteiger partial charge in [-0.3, -0.25) is 14.6 Å². The number of nitrogens with zero attached hydrogens (tertiary/aromatic N) is 3. The van der Waals surface area contributed by atoms with Crippen LogP contribution < -0.4 is 15.0 Å². The van der Waals surface area contributed by atoms with Gasteiger partial charge in [0, 0.05) is 55.7 Å². The van der Waals surface area contributed by atoms with Gasteiger partial charge in [0.05, 0.1) is 19.6 Å². The molecule has 1 saturated heterocycles. The summed E-state index contributed by atoms with van der Waals surface area (Å²) in [7, 11) is 3.52. The first-order valence-corrected chi connectivity index (χ1v) is 13.0. The molecule has 2 amide bonds. The minimum absolute atomic E-state index is 0. The van der Waals surface area contributed by atoms with Gasteiger partial charge in [-0.25, -0.2) is 0 Å². The summed E-state index contributed by atoms with van der Waals surface area (Å²) in [5.41, 5.74) is 4.99. The van der Waals surface area contributed by atoms with E-state index < -0.39 is 0 Å². The van der Waals surface area contributed by atoms with Crippen molar-refractivity contribution in [3.8, 4) is 5.75 Å². The molecule has 7 nitrogen and oxygen atoms in total. The lowest BCUT2D eigenvalue weighted by atomic mass is 9.89. The highest BCUT2D eigenvalue weighted by molar-refractivity contribution is 5.96. The zero-order valence-electron chi connectivity index (χ0n) is 22.3. The Bertz CT molecular complexity index is 1260. The SMILES string of the molecule is COc1cc2c(cc1CN[C@H]1CCCN(C(=O)Cc3ccccn3)[C@H]1c1ccccc1)N(C)C(=O)CC2.Cl.Cl. The molecule has 2 aromatic carbocycles. The van der Waals surface area contributed by atoms with Gasteiger partial charge in [0.15, 0.2) is 0 Å². The van der Waals surface area contributed by atoms with Crippen molar-refractivity contribution in [3.63, 3.8) is 0 Å². The van der Waals surface area contributed by atoms with Gasteiger partial charge in [-0.15, -0.1) is 24.8 Å². The lowest BCUT2D eigenvalue weighted by molar-refractivity contribution is -0.135. The maximum absolute atomic E-state index is 13.5. The number of hydrogen-bond donors (Lipinski definition) is 1. The van der Waals surface area contributed by atoms with E-state index in [9.17, 15) is 9.59 Å². The molecule has 39 heavy (non-hydrogen) atoms. The Morgan fingerprint density at radius 3 is 2.56 bits per heavy atom. The van der Waals surface area contributed by atoms with Crippen LogP contribution in [0.4, 0.5) is 5.69 Å². The highest BCUT2D eigenvalue weighted by atomic mass is 35.5. The van der Waals surface area contributed by atoms with Crippen LogP contribution in [0.5, 0.6) is 5.75 Å². The molecule has 2 aliphatic rings. The molecular formula is C30H36Cl2N4O3. The summed E-state index contributed by atoms with van der Waals surface area (Å²) in [6.07, 6.45) is 5.15. The number of anilines is 1. The van der Waals surface area contributed by atoms with E-state index in [1.807, 2.05) is 48.3 Å². The number of rotatable bonds is 7. The van der Waals surface area contributed by atoms with Gasteiger partial charge in [0.25, 0.3) is 0 Å². The van der Waals surface area contributed by atoms with E-state index in [-0.39, 0.29) is 55.1 Å². The number of hydrogen-bond acceptors (Lipinski definition) is 5. The molecule has 1 fully saturated rings. The lowest BCUT2D eigenvalue weighted by Crippen LogP contribution is -2.50. The van der Waals surface area contributed by atoms with Crippen molar-refractivity contribution in [2.45, 2.75) is 50.7 Å². The van der Waals surface area contributed by atoms with Crippen LogP contribution in [0.15, 0.2) is 66.9 Å². The van der Waals surface area contributed by atoms with Gasteiger partial charge >= 0.3 is 0 Å². The zero-order chi connectivity index (χ0) is 25.8. The van der Waals surface area contributed by atoms with Crippen molar-refractivity contribution in [1.82, 2.24) is 15.2 Å². The molecule has 0 spiro atoms. The number of halogens is 2. The van der Waals surface area contributed by atoms with Gasteiger partial charge < -0.3 is 19.9 Å². The third-order valence-electron chi connectivity index (χ3n) is 7.53. The minimum Gasteiger partial charge on any atom is -0.496 e. The molecule has 5 rings (SSSR count). The maximum atomic E-state index is 13.5. The van der Waals surface area contributed by atoms with Crippen molar-refractivity contribution in [1.29, 1.82) is 0 Å². The van der Waals surface area contributed by atoms with Gasteiger partial charge in [-0.2, -0.15) is 0 Å². The Hall–Kier alpha value is -3.13. The van der Waals surface area contributed by atoms with Crippen molar-refractivity contribution >= 4 is 42.3 Å². The van der Waals surface area contributed by atoms with Gasteiger partial charge in [-0.1, -0.05) is 36.4 Å². The molecule has 2 aliphatic heterocycles. The largest absolute Gasteiger partial charge is 0.496 e. The highest BCUT2D eigenvalue weighted by Crippen LogP contribution is 2.35. The predicted octanol–water partition coefficient (Wildman–Crippen LogP) is 4.91. The zero-order valence-corrected chi connectivity index (χ0v) is 24.0. The number of carbonyl (C=O) groups is 2. The number of methoxy groups -OCH3 is 1. The van der Waals surface area contributed by atoms with E-state index in [0.29, 0.717) is 13.0 Å². The number of likely N-dealkylation sites (tertiary alicyclic amines) is 1. The molecule has 208 valence electrons. The first-order valence-electron chi connectivity index (χ1n) is 13.0. The molecule has 0 aliphatic carbocycles. The Morgan fingerprint density at radius 1 is 1.08 bits per heavy atom. The number of nitrogens with one attached hydrogen (secondary N) is 1. The molecule has 0 saturated carbocycles. The summed E-state index contributed by atoms with van der Waals surface area (Å²) in [6, 6.07) is 20.1. The third kappa shape index (κ3) is 6.72. The minimum atomic E-state index is -0.0842. The molecule has 1 aromatic heterocycles. The number of aryl methyl sites for hydroxylation is 1. The molecule has 0 radical (unpaired) electrons. The summed E-state index contributed by atoms with van der Waals surface area (Å²) >= 11 is 0. The topological polar surface area (TPSA) is 74.8 Å². The smallest absolute Gasteiger partial charge is 0.229 e. The van der Waals surface area contributed by atoms with Crippen molar-refractivity contribution in [3.05, 3.63) is 89.2 Å². The summed E-state index contributed by atoms with van der Waals surface area (Å²) in [6.45, 7) is 1.30. The summed E-state index contributed by atoms with van der Waals surface area (Å²) in [4.78, 5) is 33.9. The average Bonchev–Trinajstić information content (AvgIpc) is 2.94. The van der Waals surface area contributed by atoms with Crippen LogP contribution in [-0.4, -0.2) is 48.4 Å². The van der Waals surface area contributed by atoms with E-state index >= 15 is 0 Å². The normalized spacial score (nSPS) is 18.5. The van der Waals surface area contributed by atoms with E-state index in [1.165, 1.54) is 0 Å². The van der Waals surface area contributed by atoms with Crippen LogP contribution in [-0.2, 0) is 29.0 Å². The Labute approximate surface area is 242 Å². The fourth-order valence-electron chi connectivity index (χ4n) is 5.59. The van der Waals surface area contributed by atoms with Crippen LogP contribution in [0, 0.1) is 0 Å². The van der Waals surface area contributed by atoms with Gasteiger partial charge in [-0.05, 0) is 54.7 Å². The Balaban J connectivity index is 0.00000210. The number of fused-ring (bicyclic) bond motifs is 1. The number of aromatic nitrogens is 1. The summed E-state index contributed by atoms with van der Waals surface area (Å²) in [5.74, 6) is 1.05. The second-order valence-corrected chi connectivity index (χ2v) is 9.82. The third-order valence-corrected chi connectivity index (χ3v) is 7.53. The molecule has 9 heteroatoms. The summed E-state index contributed by atoms with van der Waals surface area (Å²) in [5, 5.41) is 3.75. The van der Waals surface area contributed by atoms with E-state index in [2.05, 4.69) is 34.6 Å². The predicted molar refractivity (Wildman–Crippen MR) is 158 cm³/mol. The number of carbonyl (C=O) groups excluding carboxylic acids is 2. The van der Waals surface area contributed by atoms with Crippen LogP contribution in [0.25, 0.3) is 0 Å². The van der Waals surface area contributed by atoms with Gasteiger partial charge in [0.2, 0.25) is 11.8 Å². The van der Waals surface area contributed by atoms with Crippen molar-refractivity contribution in [2.24, 2.45) is 0 Å². The van der Waals surface area contributed by atoms with Crippen molar-refractivity contribution in [2.75, 3.05) is 25.6 Å². The van der Waals surface area contributed by atoms with E-state index in [4.69, 9.17) is 4.74 Å². The molecule has 1 N–H and O–H groups in total. The standard InChI is InChI=1S/C30H34N4O3.2ClH/c1-33-26-17-23(27(37-2)18-22(26)13-14-28(33)35)20-32-25-12-8-16-34(30(25)21-9-4-3-5-10-21)29(36)19-24-11-6-7-15-31-24;;/h3-7,9-11,15,17-18,25,30,32H,8,12-14,16,19-20H2,1-2H3;2*1H/t25-,30-;;/m0../s1. The Kier molecular flexibility index (Phi) is 10.7. The summed E-state index contributed by atoms with van der Waals surface area (Å²) < 4.78 is 5.74. The fourth-order valence-corrected chi connectivity index (χ4v) is 5.59. The molecule has 0 unspecified atom stereocenters. The van der Waals surface area contributed by atoms with E-state index in [0.717, 1.165) is 59.6 Å². The number of ether oxygens (including phenoxy) is 1. The van der Waals surface area contributed by atoms with E-state index in [1.54, 1.807) is 18.2 Å². The average molecular weight is 572 g/mol. The number of piperidine rings is 1. The second kappa shape index (κ2) is 13.8. The lowest BCUT2D eigenvalue weighted by Gasteiger charge is -2.42. The molecule has 2 atom stereocenters. The first-order chi connectivity index (χ1) is 18.0. The molecule has 3 aromatic rings.